The highest BCUT2D eigenvalue weighted by atomic mass is 32.1. The van der Waals surface area contributed by atoms with Crippen molar-refractivity contribution in [2.75, 3.05) is 13.1 Å². The van der Waals surface area contributed by atoms with Crippen molar-refractivity contribution in [3.05, 3.63) is 41.5 Å². The van der Waals surface area contributed by atoms with Crippen molar-refractivity contribution in [2.45, 2.75) is 12.8 Å². The number of nitrogens with one attached hydrogen (secondary N) is 1. The van der Waals surface area contributed by atoms with Gasteiger partial charge < -0.3 is 10.2 Å². The fourth-order valence-corrected chi connectivity index (χ4v) is 4.15. The van der Waals surface area contributed by atoms with Crippen LogP contribution in [0.4, 0.5) is 0 Å². The number of amides is 2. The van der Waals surface area contributed by atoms with Crippen molar-refractivity contribution in [3.63, 3.8) is 0 Å². The Bertz CT molecular complexity index is 862. The summed E-state index contributed by atoms with van der Waals surface area (Å²) in [5, 5.41) is 3.15. The molecule has 0 saturated carbocycles. The smallest absolute Gasteiger partial charge is 0.282 e. The molecule has 22 heavy (non-hydrogen) atoms. The van der Waals surface area contributed by atoms with Crippen molar-refractivity contribution in [1.29, 1.82) is 0 Å². The second kappa shape index (κ2) is 4.64. The fraction of sp³-hybridized carbons (Fsp3) is 0.312. The summed E-state index contributed by atoms with van der Waals surface area (Å²) >= 11 is 1.30. The van der Waals surface area contributed by atoms with E-state index in [9.17, 15) is 9.59 Å². The highest BCUT2D eigenvalue weighted by molar-refractivity contribution is 7.20. The molecule has 1 spiro atoms. The van der Waals surface area contributed by atoms with Gasteiger partial charge in [-0.1, -0.05) is 18.7 Å². The molecular formula is C16H15N3O2S. The molecule has 1 aromatic heterocycles. The Morgan fingerprint density at radius 3 is 3.14 bits per heavy atom. The summed E-state index contributed by atoms with van der Waals surface area (Å²) in [6.07, 6.45) is 1.24. The Kier molecular flexibility index (Phi) is 2.61. The molecule has 1 aromatic carbocycles. The van der Waals surface area contributed by atoms with Crippen LogP contribution in [0.25, 0.3) is 10.2 Å². The van der Waals surface area contributed by atoms with Gasteiger partial charge in [-0.05, 0) is 18.5 Å². The van der Waals surface area contributed by atoms with Gasteiger partial charge in [0.1, 0.15) is 0 Å². The van der Waals surface area contributed by atoms with Crippen LogP contribution in [0.5, 0.6) is 0 Å². The molecule has 3 heterocycles. The van der Waals surface area contributed by atoms with Gasteiger partial charge in [0.25, 0.3) is 5.91 Å². The van der Waals surface area contributed by atoms with E-state index in [-0.39, 0.29) is 11.8 Å². The topological polar surface area (TPSA) is 62.3 Å². The largest absolute Gasteiger partial charge is 0.335 e. The van der Waals surface area contributed by atoms with E-state index in [4.69, 9.17) is 1.37 Å². The third-order valence-corrected chi connectivity index (χ3v) is 5.37. The summed E-state index contributed by atoms with van der Waals surface area (Å²) < 4.78 is 8.70. The summed E-state index contributed by atoms with van der Waals surface area (Å²) in [5.74, 6) is -0.191. The first-order valence-corrected chi connectivity index (χ1v) is 7.95. The third kappa shape index (κ3) is 1.94. The van der Waals surface area contributed by atoms with E-state index < -0.39 is 5.41 Å². The van der Waals surface area contributed by atoms with Crippen molar-refractivity contribution >= 4 is 33.4 Å². The van der Waals surface area contributed by atoms with Gasteiger partial charge in [0.15, 0.2) is 5.01 Å². The summed E-state index contributed by atoms with van der Waals surface area (Å²) in [5.41, 5.74) is 0.758. The van der Waals surface area contributed by atoms with Gasteiger partial charge in [0, 0.05) is 25.2 Å². The molecule has 0 aliphatic carbocycles. The molecule has 2 aliphatic rings. The van der Waals surface area contributed by atoms with Gasteiger partial charge in [-0.2, -0.15) is 0 Å². The zero-order valence-corrected chi connectivity index (χ0v) is 12.7. The normalized spacial score (nSPS) is 25.1. The Hall–Kier alpha value is -2.21. The van der Waals surface area contributed by atoms with E-state index in [1.54, 1.807) is 17.0 Å². The molecule has 2 aliphatic heterocycles. The van der Waals surface area contributed by atoms with E-state index in [0.717, 1.165) is 10.4 Å². The summed E-state index contributed by atoms with van der Waals surface area (Å²) in [6.45, 7) is 4.77. The number of para-hydroxylation sites is 1. The zero-order chi connectivity index (χ0) is 16.2. The SMILES string of the molecule is [3H]c1cccc2sc(C(=O)N3CCC4(CC(=C)NC4=O)C3)nc12. The van der Waals surface area contributed by atoms with Crippen molar-refractivity contribution in [3.8, 4) is 0 Å². The summed E-state index contributed by atoms with van der Waals surface area (Å²) in [7, 11) is 0. The Morgan fingerprint density at radius 1 is 1.55 bits per heavy atom. The van der Waals surface area contributed by atoms with E-state index in [1.165, 1.54) is 11.3 Å². The van der Waals surface area contributed by atoms with Gasteiger partial charge in [-0.15, -0.1) is 11.3 Å². The van der Waals surface area contributed by atoms with Crippen LogP contribution in [0.2, 0.25) is 0 Å². The van der Waals surface area contributed by atoms with Crippen LogP contribution < -0.4 is 5.32 Å². The molecule has 0 radical (unpaired) electrons. The number of thiazole rings is 1. The Morgan fingerprint density at radius 2 is 2.41 bits per heavy atom. The van der Waals surface area contributed by atoms with Gasteiger partial charge in [-0.3, -0.25) is 9.59 Å². The second-order valence-corrected chi connectivity index (χ2v) is 6.92. The predicted octanol–water partition coefficient (Wildman–Crippen LogP) is 2.16. The molecule has 2 amide bonds. The predicted molar refractivity (Wildman–Crippen MR) is 84.5 cm³/mol. The number of likely N-dealkylation sites (tertiary alicyclic amines) is 1. The molecule has 4 rings (SSSR count). The molecule has 2 fully saturated rings. The molecule has 1 unspecified atom stereocenters. The third-order valence-electron chi connectivity index (χ3n) is 4.36. The summed E-state index contributed by atoms with van der Waals surface area (Å²) in [4.78, 5) is 30.9. The molecule has 2 aromatic rings. The van der Waals surface area contributed by atoms with E-state index in [1.807, 2.05) is 6.07 Å². The van der Waals surface area contributed by atoms with Crippen LogP contribution in [-0.4, -0.2) is 34.8 Å². The number of benzene rings is 1. The van der Waals surface area contributed by atoms with Crippen LogP contribution in [0.3, 0.4) is 0 Å². The van der Waals surface area contributed by atoms with Crippen molar-refractivity contribution in [1.82, 2.24) is 15.2 Å². The van der Waals surface area contributed by atoms with Crippen LogP contribution >= 0.6 is 11.3 Å². The van der Waals surface area contributed by atoms with Gasteiger partial charge in [-0.25, -0.2) is 4.98 Å². The van der Waals surface area contributed by atoms with E-state index >= 15 is 0 Å². The zero-order valence-electron chi connectivity index (χ0n) is 12.9. The molecule has 5 nitrogen and oxygen atoms in total. The molecule has 6 heteroatoms. The number of hydrogen-bond donors (Lipinski definition) is 1. The monoisotopic (exact) mass is 315 g/mol. The number of hydrogen-bond acceptors (Lipinski definition) is 4. The summed E-state index contributed by atoms with van der Waals surface area (Å²) in [6, 6.07) is 5.63. The lowest BCUT2D eigenvalue weighted by atomic mass is 9.85. The van der Waals surface area contributed by atoms with Crippen LogP contribution in [0, 0.1) is 5.41 Å². The van der Waals surface area contributed by atoms with Crippen molar-refractivity contribution in [2.24, 2.45) is 5.41 Å². The number of carbonyl (C=O) groups excluding carboxylic acids is 2. The quantitative estimate of drug-likeness (QED) is 0.877. The number of allylic oxidation sites excluding steroid dienone is 1. The maximum atomic E-state index is 12.7. The minimum absolute atomic E-state index is 0.0319. The van der Waals surface area contributed by atoms with E-state index in [0.29, 0.717) is 42.5 Å². The molecule has 1 N–H and O–H groups in total. The minimum atomic E-state index is -0.524. The standard InChI is InChI=1S/C16H15N3O2S/c1-10-8-16(15(21)17-10)6-7-19(9-16)14(20)13-18-11-4-2-3-5-12(11)22-13/h2-5H,1,6-9H2,(H,17,21)/i4T. The molecule has 112 valence electrons. The number of fused-ring (bicyclic) bond motifs is 1. The number of aromatic nitrogens is 1. The number of nitrogens with zero attached hydrogens (tertiary/aromatic N) is 2. The number of rotatable bonds is 1. The maximum absolute atomic E-state index is 12.7. The van der Waals surface area contributed by atoms with Crippen LogP contribution in [-0.2, 0) is 4.79 Å². The van der Waals surface area contributed by atoms with Gasteiger partial charge in [0.05, 0.1) is 17.0 Å². The fourth-order valence-electron chi connectivity index (χ4n) is 3.24. The maximum Gasteiger partial charge on any atom is 0.282 e. The van der Waals surface area contributed by atoms with Gasteiger partial charge >= 0.3 is 0 Å². The van der Waals surface area contributed by atoms with Gasteiger partial charge in [0.2, 0.25) is 5.91 Å². The highest BCUT2D eigenvalue weighted by Gasteiger charge is 2.50. The lowest BCUT2D eigenvalue weighted by molar-refractivity contribution is -0.126. The Labute approximate surface area is 133 Å². The molecule has 1 atom stereocenters. The molecule has 2 saturated heterocycles. The first-order valence-electron chi connectivity index (χ1n) is 7.63. The van der Waals surface area contributed by atoms with Crippen LogP contribution in [0.1, 0.15) is 24.0 Å². The van der Waals surface area contributed by atoms with Crippen LogP contribution in [0.15, 0.2) is 36.5 Å². The lowest BCUT2D eigenvalue weighted by Crippen LogP contribution is -2.36. The average molecular weight is 315 g/mol. The Balaban J connectivity index is 1.61. The molecular weight excluding hydrogens is 298 g/mol. The first-order chi connectivity index (χ1) is 11.0. The lowest BCUT2D eigenvalue weighted by Gasteiger charge is -2.20. The first kappa shape index (κ1) is 12.3. The second-order valence-electron chi connectivity index (χ2n) is 5.89. The highest BCUT2D eigenvalue weighted by Crippen LogP contribution is 2.41. The average Bonchev–Trinajstić information content (AvgIpc) is 3.18. The molecule has 0 bridgehead atoms. The minimum Gasteiger partial charge on any atom is -0.335 e. The van der Waals surface area contributed by atoms with Crippen molar-refractivity contribution < 1.29 is 11.0 Å². The number of carbonyl (C=O) groups is 2. The van der Waals surface area contributed by atoms with E-state index in [2.05, 4.69) is 16.9 Å².